The van der Waals surface area contributed by atoms with Gasteiger partial charge in [0.1, 0.15) is 0 Å². The molecule has 0 aromatic heterocycles. The molecule has 0 amide bonds. The van der Waals surface area contributed by atoms with E-state index in [9.17, 15) is 0 Å². The van der Waals surface area contributed by atoms with Gasteiger partial charge in [0.05, 0.1) is 0 Å². The van der Waals surface area contributed by atoms with E-state index in [-0.39, 0.29) is 18.9 Å². The Morgan fingerprint density at radius 2 is 1.62 bits per heavy atom. The summed E-state index contributed by atoms with van der Waals surface area (Å²) in [6, 6.07) is 10.7. The number of nitrogens with zero attached hydrogens (tertiary/aromatic N) is 1. The second kappa shape index (κ2) is 7.40. The van der Waals surface area contributed by atoms with E-state index in [0.717, 1.165) is 0 Å². The molecule has 0 spiro atoms. The van der Waals surface area contributed by atoms with Crippen LogP contribution in [0.5, 0.6) is 0 Å². The fraction of sp³-hybridized carbons (Fsp3) is 0.400. The van der Waals surface area contributed by atoms with Crippen molar-refractivity contribution in [3.63, 3.8) is 0 Å². The van der Waals surface area contributed by atoms with Crippen LogP contribution in [0.4, 0.5) is 0 Å². The molecule has 0 N–H and O–H groups in total. The molecule has 0 aliphatic carbocycles. The zero-order chi connectivity index (χ0) is 8.81. The van der Waals surface area contributed by atoms with Crippen LogP contribution in [0.25, 0.3) is 0 Å². The molecular weight excluding hydrogens is 169 g/mol. The molecule has 0 atom stereocenters. The summed E-state index contributed by atoms with van der Waals surface area (Å²) in [6.45, 7) is 6.78. The number of hydrogen-bond donors (Lipinski definition) is 0. The van der Waals surface area contributed by atoms with Crippen molar-refractivity contribution in [2.75, 3.05) is 13.1 Å². The van der Waals surface area contributed by atoms with Crippen molar-refractivity contribution in [1.82, 2.24) is 4.57 Å². The number of hydrogen-bond acceptors (Lipinski definition) is 1. The van der Waals surface area contributed by atoms with E-state index >= 15 is 0 Å². The van der Waals surface area contributed by atoms with Crippen LogP contribution in [0, 0.1) is 0 Å². The molecule has 0 fully saturated rings. The molecule has 0 unspecified atom stereocenters. The quantitative estimate of drug-likeness (QED) is 0.491. The topological polar surface area (TPSA) is 3.24 Å². The zero-order valence-electron chi connectivity index (χ0n) is 8.83. The molecule has 0 saturated carbocycles. The first-order valence-corrected chi connectivity index (χ1v) is 5.60. The van der Waals surface area contributed by atoms with Gasteiger partial charge < -0.3 is 4.57 Å². The minimum absolute atomic E-state index is 0. The Balaban J connectivity index is 0.00000144. The van der Waals surface area contributed by atoms with Crippen molar-refractivity contribution >= 4 is 14.9 Å². The van der Waals surface area contributed by atoms with Gasteiger partial charge >= 0.3 is 18.9 Å². The van der Waals surface area contributed by atoms with Crippen LogP contribution in [-0.2, 0) is 0 Å². The molecular formula is C10H16LiNSi. The predicted octanol–water partition coefficient (Wildman–Crippen LogP) is -1.99. The smallest absolute Gasteiger partial charge is 0.458 e. The molecule has 0 bridgehead atoms. The maximum Gasteiger partial charge on any atom is 1.00 e. The third-order valence-corrected chi connectivity index (χ3v) is 3.72. The monoisotopic (exact) mass is 185 g/mol. The maximum absolute atomic E-state index is 2.50. The van der Waals surface area contributed by atoms with E-state index in [0.29, 0.717) is 9.68 Å². The van der Waals surface area contributed by atoms with E-state index in [1.54, 1.807) is 0 Å². The van der Waals surface area contributed by atoms with Crippen molar-refractivity contribution in [3.8, 4) is 0 Å². The third-order valence-electron chi connectivity index (χ3n) is 1.94. The summed E-state index contributed by atoms with van der Waals surface area (Å²) < 4.78 is 2.50. The van der Waals surface area contributed by atoms with Gasteiger partial charge in [-0.25, -0.2) is 9.68 Å². The average molecular weight is 185 g/mol. The second-order valence-corrected chi connectivity index (χ2v) is 4.42. The summed E-state index contributed by atoms with van der Waals surface area (Å²) in [5, 5.41) is 1.49. The Labute approximate surface area is 95.6 Å². The summed E-state index contributed by atoms with van der Waals surface area (Å²) in [7, 11) is 0.332. The molecule has 0 aliphatic heterocycles. The molecule has 1 rings (SSSR count). The Hall–Kier alpha value is -0.00571. The van der Waals surface area contributed by atoms with E-state index < -0.39 is 0 Å². The molecule has 1 aromatic carbocycles. The van der Waals surface area contributed by atoms with Crippen LogP contribution >= 0.6 is 0 Å². The van der Waals surface area contributed by atoms with Gasteiger partial charge in [-0.05, 0) is 13.1 Å². The number of rotatable bonds is 4. The Morgan fingerprint density at radius 1 is 1.08 bits per heavy atom. The predicted molar refractivity (Wildman–Crippen MR) is 56.1 cm³/mol. The van der Waals surface area contributed by atoms with Crippen molar-refractivity contribution in [2.24, 2.45) is 0 Å². The van der Waals surface area contributed by atoms with Gasteiger partial charge in [0.25, 0.3) is 0 Å². The minimum atomic E-state index is 0. The van der Waals surface area contributed by atoms with Gasteiger partial charge in [0, 0.05) is 0 Å². The molecule has 1 nitrogen and oxygen atoms in total. The molecule has 0 saturated heterocycles. The van der Waals surface area contributed by atoms with Crippen LogP contribution in [0.15, 0.2) is 30.3 Å². The van der Waals surface area contributed by atoms with Gasteiger partial charge in [-0.3, -0.25) is 0 Å². The molecule has 0 aliphatic rings. The summed E-state index contributed by atoms with van der Waals surface area (Å²) in [6.07, 6.45) is 0. The normalized spacial score (nSPS) is 9.46. The summed E-state index contributed by atoms with van der Waals surface area (Å²) in [5.41, 5.74) is 0. The molecule has 1 aromatic rings. The van der Waals surface area contributed by atoms with Crippen molar-refractivity contribution < 1.29 is 18.9 Å². The molecule has 3 heteroatoms. The van der Waals surface area contributed by atoms with Crippen molar-refractivity contribution in [3.05, 3.63) is 30.3 Å². The Kier molecular flexibility index (Phi) is 7.40. The molecule has 0 heterocycles. The van der Waals surface area contributed by atoms with Crippen LogP contribution in [-0.4, -0.2) is 27.3 Å². The van der Waals surface area contributed by atoms with E-state index in [1.165, 1.54) is 18.3 Å². The van der Waals surface area contributed by atoms with Crippen LogP contribution < -0.4 is 24.0 Å². The first kappa shape index (κ1) is 13.0. The number of benzene rings is 1. The van der Waals surface area contributed by atoms with Gasteiger partial charge in [-0.15, -0.1) is 0 Å². The van der Waals surface area contributed by atoms with Crippen molar-refractivity contribution in [1.29, 1.82) is 0 Å². The summed E-state index contributed by atoms with van der Waals surface area (Å²) >= 11 is 0. The van der Waals surface area contributed by atoms with Gasteiger partial charge in [-0.1, -0.05) is 44.2 Å². The van der Waals surface area contributed by atoms with E-state index in [1.807, 2.05) is 0 Å². The Bertz CT molecular complexity index is 211. The van der Waals surface area contributed by atoms with Crippen molar-refractivity contribution in [2.45, 2.75) is 13.8 Å². The Morgan fingerprint density at radius 3 is 2.08 bits per heavy atom. The molecule has 0 radical (unpaired) electrons. The van der Waals surface area contributed by atoms with Gasteiger partial charge in [-0.2, -0.15) is 5.19 Å². The summed E-state index contributed by atoms with van der Waals surface area (Å²) in [5.74, 6) is 0. The zero-order valence-corrected chi connectivity index (χ0v) is 9.98. The first-order chi connectivity index (χ1) is 5.86. The van der Waals surface area contributed by atoms with E-state index in [4.69, 9.17) is 0 Å². The van der Waals surface area contributed by atoms with Crippen LogP contribution in [0.2, 0.25) is 0 Å². The maximum atomic E-state index is 2.50. The first-order valence-electron chi connectivity index (χ1n) is 4.50. The fourth-order valence-electron chi connectivity index (χ4n) is 1.16. The minimum Gasteiger partial charge on any atom is -0.458 e. The van der Waals surface area contributed by atoms with Crippen LogP contribution in [0.3, 0.4) is 0 Å². The van der Waals surface area contributed by atoms with E-state index in [2.05, 4.69) is 48.7 Å². The van der Waals surface area contributed by atoms with Gasteiger partial charge in [0.2, 0.25) is 0 Å². The van der Waals surface area contributed by atoms with Gasteiger partial charge in [0.15, 0.2) is 0 Å². The standard InChI is InChI=1S/C10H16NSi.Li/c1-3-11(4-2)12-10-8-6-5-7-9-10;/h5-9,12H,3-4H2,1-2H3;/q-1;+1. The SMILES string of the molecule is CCN(CC)[SiH-]c1ccccc1.[Li+]. The average Bonchev–Trinajstić information content (AvgIpc) is 2.16. The third kappa shape index (κ3) is 4.68. The molecule has 13 heavy (non-hydrogen) atoms. The summed E-state index contributed by atoms with van der Waals surface area (Å²) in [4.78, 5) is 0. The fourth-order valence-corrected chi connectivity index (χ4v) is 2.34. The second-order valence-electron chi connectivity index (χ2n) is 2.76. The molecule has 66 valence electrons. The largest absolute Gasteiger partial charge is 1.00 e. The van der Waals surface area contributed by atoms with Crippen LogP contribution in [0.1, 0.15) is 13.8 Å².